The van der Waals surface area contributed by atoms with Gasteiger partial charge in [-0.1, -0.05) is 101 Å². The molecule has 3 aromatic rings. The summed E-state index contributed by atoms with van der Waals surface area (Å²) >= 11 is 0. The molecule has 0 spiro atoms. The molecule has 18 atom stereocenters. The van der Waals surface area contributed by atoms with E-state index in [2.05, 4.69) is 0 Å². The molecule has 0 unspecified atom stereocenters. The van der Waals surface area contributed by atoms with Gasteiger partial charge in [0.2, 0.25) is 0 Å². The molecule has 0 radical (unpaired) electrons. The van der Waals surface area contributed by atoms with Gasteiger partial charge in [-0.05, 0) is 92.7 Å². The summed E-state index contributed by atoms with van der Waals surface area (Å²) in [5.74, 6) is -7.64. The van der Waals surface area contributed by atoms with Crippen molar-refractivity contribution >= 4 is 41.6 Å². The van der Waals surface area contributed by atoms with Gasteiger partial charge >= 0.3 is 30.0 Å². The van der Waals surface area contributed by atoms with Crippen LogP contribution in [0.4, 0.5) is 4.79 Å². The van der Waals surface area contributed by atoms with Gasteiger partial charge < -0.3 is 73.3 Å². The summed E-state index contributed by atoms with van der Waals surface area (Å²) in [4.78, 5) is 95.7. The number of ether oxygens (including phenoxy) is 9. The predicted octanol–water partition coefficient (Wildman–Crippen LogP) is 6.60. The van der Waals surface area contributed by atoms with Gasteiger partial charge in [0.25, 0.3) is 0 Å². The van der Waals surface area contributed by atoms with Crippen LogP contribution in [0.3, 0.4) is 0 Å². The van der Waals surface area contributed by atoms with Crippen LogP contribution in [0.1, 0.15) is 141 Å². The molecule has 0 aromatic heterocycles. The topological polar surface area (TPSA) is 324 Å². The summed E-state index contributed by atoms with van der Waals surface area (Å²) in [6.45, 7) is 18.8. The molecule has 22 heteroatoms. The summed E-state index contributed by atoms with van der Waals surface area (Å²) < 4.78 is 52.6. The minimum absolute atomic E-state index is 0.0407. The van der Waals surface area contributed by atoms with Gasteiger partial charge in [-0.15, -0.1) is 0 Å². The first-order valence-corrected chi connectivity index (χ1v) is 32.0. The number of carbonyl (C=O) groups is 7. The zero-order chi connectivity index (χ0) is 67.8. The first-order chi connectivity index (χ1) is 43.7. The highest BCUT2D eigenvalue weighted by Gasteiger charge is 2.80. The van der Waals surface area contributed by atoms with Gasteiger partial charge in [0.05, 0.1) is 65.3 Å². The Labute approximate surface area is 540 Å². The molecule has 4 bridgehead atoms. The first kappa shape index (κ1) is 69.1. The van der Waals surface area contributed by atoms with Crippen molar-refractivity contribution in [2.75, 3.05) is 26.4 Å². The van der Waals surface area contributed by atoms with Gasteiger partial charge in [0.1, 0.15) is 60.2 Å². The van der Waals surface area contributed by atoms with E-state index in [0.29, 0.717) is 16.7 Å². The van der Waals surface area contributed by atoms with Crippen LogP contribution in [-0.2, 0) is 68.4 Å². The Bertz CT molecular complexity index is 3430. The predicted molar refractivity (Wildman–Crippen MR) is 329 cm³/mol. The third kappa shape index (κ3) is 11.2. The van der Waals surface area contributed by atoms with Crippen LogP contribution in [0.5, 0.6) is 0 Å². The van der Waals surface area contributed by atoms with Crippen molar-refractivity contribution in [1.82, 2.24) is 0 Å². The molecule has 22 nitrogen and oxygen atoms in total. The fourth-order valence-electron chi connectivity index (χ4n) is 17.3. The van der Waals surface area contributed by atoms with E-state index in [9.17, 15) is 59.4 Å². The summed E-state index contributed by atoms with van der Waals surface area (Å²) in [5.41, 5.74) is -10.8. The normalized spacial score (nSPS) is 38.2. The second-order valence-corrected chi connectivity index (χ2v) is 28.1. The van der Waals surface area contributed by atoms with Crippen LogP contribution in [-0.4, -0.2) is 176 Å². The lowest BCUT2D eigenvalue weighted by Gasteiger charge is -2.67. The van der Waals surface area contributed by atoms with Gasteiger partial charge in [-0.25, -0.2) is 14.4 Å². The van der Waals surface area contributed by atoms with Gasteiger partial charge in [0.15, 0.2) is 17.0 Å². The molecule has 0 amide bonds. The van der Waals surface area contributed by atoms with Crippen molar-refractivity contribution < 1.29 is 107 Å². The van der Waals surface area contributed by atoms with Crippen LogP contribution in [0, 0.1) is 39.4 Å². The lowest BCUT2D eigenvalue weighted by atomic mass is 9.43. The Balaban J connectivity index is 0.000000193. The average Bonchev–Trinajstić information content (AvgIpc) is 1.02. The molecule has 9 aliphatic rings. The Morgan fingerprint density at radius 1 is 0.570 bits per heavy atom. The van der Waals surface area contributed by atoms with E-state index in [-0.39, 0.29) is 62.2 Å². The van der Waals surface area contributed by atoms with E-state index < -0.39 is 158 Å². The zero-order valence-electron chi connectivity index (χ0n) is 54.6. The third-order valence-corrected chi connectivity index (χ3v) is 22.4. The molecule has 3 aliphatic heterocycles. The molecule has 3 aromatic carbocycles. The molecule has 6 N–H and O–H groups in total. The monoisotopic (exact) mass is 1290 g/mol. The van der Waals surface area contributed by atoms with Crippen LogP contribution in [0.25, 0.3) is 0 Å². The number of carbonyl (C=O) groups excluding carboxylic acids is 7. The largest absolute Gasteiger partial charge is 0.508 e. The fraction of sp³-hybridized carbons (Fsp3) is 0.592. The third-order valence-electron chi connectivity index (χ3n) is 22.4. The number of hydrogen-bond donors (Lipinski definition) is 6. The van der Waals surface area contributed by atoms with Crippen molar-refractivity contribution in [3.8, 4) is 0 Å². The molecule has 6 aliphatic carbocycles. The van der Waals surface area contributed by atoms with Crippen molar-refractivity contribution in [2.45, 2.75) is 199 Å². The highest BCUT2D eigenvalue weighted by molar-refractivity contribution is 5.95. The quantitative estimate of drug-likeness (QED) is 0.0747. The Hall–Kier alpha value is -6.73. The Morgan fingerprint density at radius 3 is 1.43 bits per heavy atom. The SMILES string of the molecule is C1CCOC1.CC(=O)O[C@@]12CO[C@@H]1C[C@H](O)[C@@]1(C)C(=O)[C@H](O)C3=C(C)[C@@H](O)C[C@@](O)([C@@H](OC(=O)c4ccccc4)[C@H]21)C3(C)C.CC(=O)O[C@@]12CO[C@@H]1C[C@H](OC(=O)OCc1ccccc1)[C@@]1(C)C(=O)[C@H](C)C3=C(C)[C@@H](O)C[C@@](O)([C@@H](OC(=O)c4ccccc4)[C@H]21)C3(C)C. The van der Waals surface area contributed by atoms with Crippen LogP contribution < -0.4 is 0 Å². The molecule has 4 saturated carbocycles. The van der Waals surface area contributed by atoms with E-state index in [0.717, 1.165) is 18.8 Å². The molecule has 3 saturated heterocycles. The van der Waals surface area contributed by atoms with Crippen LogP contribution in [0.15, 0.2) is 113 Å². The molecular formula is C71H88O22. The number of aliphatic hydroxyl groups is 6. The molecule has 3 heterocycles. The van der Waals surface area contributed by atoms with Crippen molar-refractivity contribution in [1.29, 1.82) is 0 Å². The highest BCUT2D eigenvalue weighted by Crippen LogP contribution is 2.67. The molecule has 93 heavy (non-hydrogen) atoms. The smallest absolute Gasteiger partial charge is 0.455 e. The van der Waals surface area contributed by atoms with E-state index in [1.807, 2.05) is 18.2 Å². The van der Waals surface area contributed by atoms with Crippen molar-refractivity contribution in [3.05, 3.63) is 130 Å². The molecule has 504 valence electrons. The summed E-state index contributed by atoms with van der Waals surface area (Å²) in [5, 5.41) is 71.3. The standard InChI is InChI=1S/C38H44O11.C29H36O10.C4H8O/c1-21-26(40)18-38(44)32(48-33(42)25-15-11-8-12-16-25)30-36(6,31(41)22(2)29(21)35(38,4)5)27(17-28-37(30,20-46-28)49-23(3)39)47-34(43)45-19-24-13-9-7-10-14-24;1-14-17(31)12-29(36)24(38-25(35)16-9-7-6-8-10-16)22-27(5,23(34)21(33)20(14)26(29,3)4)18(32)11-19-28(22,13-37-19)39-15(2)30;1-2-4-5-3-1/h7-16,22,26-28,30,32,40,44H,17-20H2,1-6H3;6-10,17-19,21-22,24,31-33,36H,11-13H2,1-5H3;1-4H2/t22-,26+,27+,28-,30+,32+,36-,37+,38-;17-,18-,19+,21+,22-,24-,27+,28-,29+;/m10./s1. The minimum atomic E-state index is -2.07. The number of hydrogen-bond acceptors (Lipinski definition) is 22. The molecule has 7 fully saturated rings. The minimum Gasteiger partial charge on any atom is -0.455 e. The summed E-state index contributed by atoms with van der Waals surface area (Å²) in [6, 6.07) is 25.3. The maximum absolute atomic E-state index is 15.2. The van der Waals surface area contributed by atoms with Crippen LogP contribution >= 0.6 is 0 Å². The maximum Gasteiger partial charge on any atom is 0.508 e. The van der Waals surface area contributed by atoms with Gasteiger partial charge in [0, 0.05) is 69.5 Å². The Kier molecular flexibility index (Phi) is 18.9. The lowest BCUT2D eigenvalue weighted by molar-refractivity contribution is -0.345. The van der Waals surface area contributed by atoms with Crippen molar-refractivity contribution in [3.63, 3.8) is 0 Å². The zero-order valence-corrected chi connectivity index (χ0v) is 54.6. The summed E-state index contributed by atoms with van der Waals surface area (Å²) in [6.07, 6.45) is -10.9. The number of rotatable bonds is 9. The average molecular weight is 1290 g/mol. The highest BCUT2D eigenvalue weighted by atomic mass is 16.7. The molecule has 12 rings (SSSR count). The van der Waals surface area contributed by atoms with Gasteiger partial charge in [-0.3, -0.25) is 19.2 Å². The number of Topliss-reactive ketones (excluding diaryl/α,β-unsaturated/α-hetero) is 2. The summed E-state index contributed by atoms with van der Waals surface area (Å²) in [7, 11) is 0. The number of fused-ring (bicyclic) bond motifs is 10. The van der Waals surface area contributed by atoms with E-state index in [1.165, 1.54) is 45.7 Å². The second-order valence-electron chi connectivity index (χ2n) is 28.1. The number of aliphatic hydroxyl groups excluding tert-OH is 4. The lowest BCUT2D eigenvalue weighted by Crippen LogP contribution is -2.81. The first-order valence-electron chi connectivity index (χ1n) is 32.0. The van der Waals surface area contributed by atoms with E-state index >= 15 is 4.79 Å². The van der Waals surface area contributed by atoms with E-state index in [4.69, 9.17) is 42.6 Å². The maximum atomic E-state index is 15.2. The second kappa shape index (κ2) is 25.4. The number of esters is 4. The van der Waals surface area contributed by atoms with Gasteiger partial charge in [-0.2, -0.15) is 0 Å². The van der Waals surface area contributed by atoms with Crippen LogP contribution in [0.2, 0.25) is 0 Å². The molecular weight excluding hydrogens is 1200 g/mol. The number of ketones is 2. The van der Waals surface area contributed by atoms with E-state index in [1.54, 1.807) is 116 Å². The fourth-order valence-corrected chi connectivity index (χ4v) is 17.3. The number of benzene rings is 3. The van der Waals surface area contributed by atoms with Crippen molar-refractivity contribution in [2.24, 2.45) is 39.4 Å². The Morgan fingerprint density at radius 2 is 1.00 bits per heavy atom.